The fourth-order valence-electron chi connectivity index (χ4n) is 3.05. The third-order valence-corrected chi connectivity index (χ3v) is 6.47. The van der Waals surface area contributed by atoms with E-state index in [-0.39, 0.29) is 5.91 Å². The maximum atomic E-state index is 12.3. The van der Waals surface area contributed by atoms with Crippen LogP contribution in [-0.2, 0) is 4.79 Å². The number of rotatable bonds is 10. The summed E-state index contributed by atoms with van der Waals surface area (Å²) in [7, 11) is 0. The van der Waals surface area contributed by atoms with Crippen molar-refractivity contribution in [3.05, 3.63) is 63.0 Å². The first-order valence-corrected chi connectivity index (χ1v) is 12.1. The molecule has 0 saturated carbocycles. The average Bonchev–Trinajstić information content (AvgIpc) is 3.10. The van der Waals surface area contributed by atoms with Gasteiger partial charge in [-0.3, -0.25) is 4.79 Å². The SMILES string of the molecule is CCCCCCCCOc1ccc(C=C2SC(=Nc3cccc(Cl)c3Cl)NC2=O)cc1. The Morgan fingerprint density at radius 3 is 2.55 bits per heavy atom. The van der Waals surface area contributed by atoms with Crippen molar-refractivity contribution in [3.63, 3.8) is 0 Å². The Balaban J connectivity index is 1.54. The van der Waals surface area contributed by atoms with Gasteiger partial charge in [0.15, 0.2) is 5.17 Å². The molecule has 164 valence electrons. The van der Waals surface area contributed by atoms with Gasteiger partial charge in [-0.2, -0.15) is 0 Å². The van der Waals surface area contributed by atoms with E-state index in [0.29, 0.717) is 25.8 Å². The monoisotopic (exact) mass is 476 g/mol. The third kappa shape index (κ3) is 7.30. The van der Waals surface area contributed by atoms with E-state index < -0.39 is 0 Å². The summed E-state index contributed by atoms with van der Waals surface area (Å²) in [6.07, 6.45) is 9.28. The van der Waals surface area contributed by atoms with Crippen molar-refractivity contribution in [2.24, 2.45) is 4.99 Å². The Hall–Kier alpha value is -1.95. The highest BCUT2D eigenvalue weighted by atomic mass is 35.5. The van der Waals surface area contributed by atoms with Crippen molar-refractivity contribution in [1.29, 1.82) is 0 Å². The summed E-state index contributed by atoms with van der Waals surface area (Å²) in [4.78, 5) is 17.3. The second-order valence-electron chi connectivity index (χ2n) is 7.24. The Kier molecular flexibility index (Phi) is 9.31. The molecule has 0 bridgehead atoms. The summed E-state index contributed by atoms with van der Waals surface area (Å²) < 4.78 is 5.82. The molecule has 1 saturated heterocycles. The van der Waals surface area contributed by atoms with Crippen molar-refractivity contribution in [3.8, 4) is 5.75 Å². The first-order chi connectivity index (χ1) is 15.1. The second-order valence-corrected chi connectivity index (χ2v) is 9.06. The van der Waals surface area contributed by atoms with E-state index in [1.807, 2.05) is 30.3 Å². The molecule has 1 aliphatic rings. The molecule has 1 amide bonds. The standard InChI is InChI=1S/C24H26Cl2N2O2S/c1-2-3-4-5-6-7-15-30-18-13-11-17(12-14-18)16-21-23(29)28-24(31-21)27-20-10-8-9-19(25)22(20)26/h8-14,16H,2-7,15H2,1H3,(H,27,28,29). The minimum atomic E-state index is -0.190. The smallest absolute Gasteiger partial charge is 0.264 e. The zero-order chi connectivity index (χ0) is 22.1. The van der Waals surface area contributed by atoms with E-state index >= 15 is 0 Å². The van der Waals surface area contributed by atoms with Crippen LogP contribution in [0.4, 0.5) is 5.69 Å². The Morgan fingerprint density at radius 1 is 1.03 bits per heavy atom. The van der Waals surface area contributed by atoms with E-state index in [2.05, 4.69) is 17.2 Å². The van der Waals surface area contributed by atoms with Gasteiger partial charge in [-0.05, 0) is 54.1 Å². The van der Waals surface area contributed by atoms with Gasteiger partial charge in [0.2, 0.25) is 0 Å². The number of halogens is 2. The number of amidine groups is 1. The van der Waals surface area contributed by atoms with E-state index in [1.54, 1.807) is 18.2 Å². The molecule has 1 fully saturated rings. The van der Waals surface area contributed by atoms with Crippen molar-refractivity contribution in [2.45, 2.75) is 45.4 Å². The molecule has 4 nitrogen and oxygen atoms in total. The molecule has 0 radical (unpaired) electrons. The first kappa shape index (κ1) is 23.7. The third-order valence-electron chi connectivity index (χ3n) is 4.75. The van der Waals surface area contributed by atoms with Crippen LogP contribution in [0.2, 0.25) is 10.0 Å². The largest absolute Gasteiger partial charge is 0.494 e. The molecule has 1 heterocycles. The van der Waals surface area contributed by atoms with Gasteiger partial charge in [-0.25, -0.2) is 4.99 Å². The summed E-state index contributed by atoms with van der Waals surface area (Å²) in [5.74, 6) is 0.655. The van der Waals surface area contributed by atoms with Crippen LogP contribution >= 0.6 is 35.0 Å². The number of unbranched alkanes of at least 4 members (excludes halogenated alkanes) is 5. The number of nitrogens with one attached hydrogen (secondary N) is 1. The molecule has 0 atom stereocenters. The van der Waals surface area contributed by atoms with Crippen LogP contribution in [0.1, 0.15) is 51.0 Å². The summed E-state index contributed by atoms with van der Waals surface area (Å²) in [5, 5.41) is 4.02. The molecular formula is C24H26Cl2N2O2S. The predicted molar refractivity (Wildman–Crippen MR) is 133 cm³/mol. The molecule has 0 unspecified atom stereocenters. The maximum absolute atomic E-state index is 12.3. The number of ether oxygens (including phenoxy) is 1. The number of hydrogen-bond donors (Lipinski definition) is 1. The molecule has 31 heavy (non-hydrogen) atoms. The number of aliphatic imine (C=N–C) groups is 1. The van der Waals surface area contributed by atoms with Gasteiger partial charge in [0, 0.05) is 0 Å². The normalized spacial score (nSPS) is 16.2. The van der Waals surface area contributed by atoms with Gasteiger partial charge in [-0.1, -0.05) is 80.4 Å². The van der Waals surface area contributed by atoms with E-state index in [9.17, 15) is 4.79 Å². The number of thioether (sulfide) groups is 1. The van der Waals surface area contributed by atoms with E-state index in [4.69, 9.17) is 27.9 Å². The molecule has 3 rings (SSSR count). The second kappa shape index (κ2) is 12.2. The number of hydrogen-bond acceptors (Lipinski definition) is 4. The lowest BCUT2D eigenvalue weighted by Gasteiger charge is -2.06. The van der Waals surface area contributed by atoms with Gasteiger partial charge in [0.1, 0.15) is 5.75 Å². The number of benzene rings is 2. The fourth-order valence-corrected chi connectivity index (χ4v) is 4.23. The van der Waals surface area contributed by atoms with Crippen molar-refractivity contribution >= 4 is 57.8 Å². The van der Waals surface area contributed by atoms with Crippen LogP contribution in [0.5, 0.6) is 5.75 Å². The maximum Gasteiger partial charge on any atom is 0.264 e. The highest BCUT2D eigenvalue weighted by Gasteiger charge is 2.24. The zero-order valence-corrected chi connectivity index (χ0v) is 19.8. The number of carbonyl (C=O) groups is 1. The lowest BCUT2D eigenvalue weighted by Crippen LogP contribution is -2.19. The molecule has 0 spiro atoms. The highest BCUT2D eigenvalue weighted by Crippen LogP contribution is 2.34. The molecule has 1 aliphatic heterocycles. The van der Waals surface area contributed by atoms with Gasteiger partial charge in [0.25, 0.3) is 5.91 Å². The topological polar surface area (TPSA) is 50.7 Å². The summed E-state index contributed by atoms with van der Waals surface area (Å²) >= 11 is 13.5. The first-order valence-electron chi connectivity index (χ1n) is 10.5. The van der Waals surface area contributed by atoms with E-state index in [0.717, 1.165) is 24.3 Å². The van der Waals surface area contributed by atoms with Gasteiger partial charge in [0.05, 0.1) is 27.2 Å². The van der Waals surface area contributed by atoms with Crippen LogP contribution < -0.4 is 10.1 Å². The lowest BCUT2D eigenvalue weighted by atomic mass is 10.1. The number of amides is 1. The van der Waals surface area contributed by atoms with Crippen LogP contribution in [0.25, 0.3) is 6.08 Å². The van der Waals surface area contributed by atoms with Crippen LogP contribution in [0, 0.1) is 0 Å². The van der Waals surface area contributed by atoms with Gasteiger partial charge >= 0.3 is 0 Å². The van der Waals surface area contributed by atoms with Gasteiger partial charge < -0.3 is 10.1 Å². The lowest BCUT2D eigenvalue weighted by molar-refractivity contribution is -0.115. The van der Waals surface area contributed by atoms with Crippen molar-refractivity contribution < 1.29 is 9.53 Å². The Bertz CT molecular complexity index is 959. The quantitative estimate of drug-likeness (QED) is 0.283. The Morgan fingerprint density at radius 2 is 1.77 bits per heavy atom. The molecule has 0 aliphatic carbocycles. The minimum Gasteiger partial charge on any atom is -0.494 e. The fraction of sp³-hybridized carbons (Fsp3) is 0.333. The van der Waals surface area contributed by atoms with Crippen LogP contribution in [0.3, 0.4) is 0 Å². The predicted octanol–water partition coefficient (Wildman–Crippen LogP) is 7.62. The molecule has 2 aromatic rings. The number of nitrogens with zero attached hydrogens (tertiary/aromatic N) is 1. The molecule has 1 N–H and O–H groups in total. The molecule has 0 aromatic heterocycles. The molecular weight excluding hydrogens is 451 g/mol. The zero-order valence-electron chi connectivity index (χ0n) is 17.5. The van der Waals surface area contributed by atoms with Crippen LogP contribution in [-0.4, -0.2) is 17.7 Å². The summed E-state index contributed by atoms with van der Waals surface area (Å²) in [6.45, 7) is 2.96. The average molecular weight is 477 g/mol. The summed E-state index contributed by atoms with van der Waals surface area (Å²) in [5.41, 5.74) is 1.44. The Labute approximate surface area is 198 Å². The van der Waals surface area contributed by atoms with Gasteiger partial charge in [-0.15, -0.1) is 0 Å². The van der Waals surface area contributed by atoms with Crippen molar-refractivity contribution in [2.75, 3.05) is 6.61 Å². The highest BCUT2D eigenvalue weighted by molar-refractivity contribution is 8.18. The minimum absolute atomic E-state index is 0.190. The van der Waals surface area contributed by atoms with Crippen molar-refractivity contribution in [1.82, 2.24) is 5.32 Å². The molecule has 7 heteroatoms. The van der Waals surface area contributed by atoms with E-state index in [1.165, 1.54) is 43.9 Å². The van der Waals surface area contributed by atoms with Crippen LogP contribution in [0.15, 0.2) is 52.4 Å². The number of carbonyl (C=O) groups excluding carboxylic acids is 1. The summed E-state index contributed by atoms with van der Waals surface area (Å²) in [6, 6.07) is 13.0. The molecule has 2 aromatic carbocycles.